The topological polar surface area (TPSA) is 91.1 Å². The van der Waals surface area contributed by atoms with Gasteiger partial charge in [0.05, 0.1) is 14.2 Å². The zero-order chi connectivity index (χ0) is 18.4. The molecule has 1 unspecified atom stereocenters. The fourth-order valence-corrected chi connectivity index (χ4v) is 3.35. The number of hydrogen-bond donors (Lipinski definition) is 2. The lowest BCUT2D eigenvalue weighted by molar-refractivity contribution is -0.117. The first-order chi connectivity index (χ1) is 12.0. The van der Waals surface area contributed by atoms with Gasteiger partial charge in [-0.05, 0) is 49.5 Å². The van der Waals surface area contributed by atoms with Gasteiger partial charge in [-0.15, -0.1) is 12.4 Å². The number of hydrogen-bond acceptors (Lipinski definition) is 4. The van der Waals surface area contributed by atoms with Gasteiger partial charge in [0.15, 0.2) is 11.5 Å². The van der Waals surface area contributed by atoms with Gasteiger partial charge in [-0.3, -0.25) is 4.79 Å². The molecule has 1 heterocycles. The third-order valence-electron chi connectivity index (χ3n) is 4.39. The molecule has 0 aliphatic carbocycles. The second-order valence-corrected chi connectivity index (χ2v) is 6.81. The van der Waals surface area contributed by atoms with E-state index in [4.69, 9.17) is 9.47 Å². The fourth-order valence-electron chi connectivity index (χ4n) is 3.35. The highest BCUT2D eigenvalue weighted by Gasteiger charge is 2.22. The lowest BCUT2D eigenvalue weighted by atomic mass is 9.92. The number of halogens is 1. The summed E-state index contributed by atoms with van der Waals surface area (Å²) >= 11 is 0. The van der Waals surface area contributed by atoms with Crippen LogP contribution in [0.4, 0.5) is 0 Å². The van der Waals surface area contributed by atoms with E-state index in [0.29, 0.717) is 30.5 Å². The Labute approximate surface area is 168 Å². The molecule has 1 atom stereocenters. The summed E-state index contributed by atoms with van der Waals surface area (Å²) < 4.78 is 10.8. The average molecular weight is 401 g/mol. The Balaban J connectivity index is 0.00000338. The maximum atomic E-state index is 12.6. The summed E-state index contributed by atoms with van der Waals surface area (Å²) in [5.74, 6) is 1.42. The van der Waals surface area contributed by atoms with Crippen LogP contribution in [0, 0.1) is 0 Å². The Morgan fingerprint density at radius 1 is 1.15 bits per heavy atom. The molecule has 154 valence electrons. The molecule has 1 aliphatic rings. The van der Waals surface area contributed by atoms with Gasteiger partial charge in [-0.2, -0.15) is 0 Å². The maximum Gasteiger partial charge on any atom is 0.247 e. The second kappa shape index (κ2) is 11.8. The smallest absolute Gasteiger partial charge is 0.247 e. The van der Waals surface area contributed by atoms with Crippen molar-refractivity contribution in [2.45, 2.75) is 52.1 Å². The van der Waals surface area contributed by atoms with Crippen LogP contribution >= 0.6 is 12.4 Å². The molecular formula is C20H33ClN2O4. The first kappa shape index (κ1) is 25.2. The van der Waals surface area contributed by atoms with Crippen LogP contribution < -0.4 is 20.1 Å². The van der Waals surface area contributed by atoms with Crippen molar-refractivity contribution in [1.82, 2.24) is 10.6 Å². The van der Waals surface area contributed by atoms with Gasteiger partial charge in [0.1, 0.15) is 0 Å². The lowest BCUT2D eigenvalue weighted by Gasteiger charge is -2.20. The van der Waals surface area contributed by atoms with Crippen LogP contribution in [0.1, 0.15) is 45.6 Å². The summed E-state index contributed by atoms with van der Waals surface area (Å²) in [5, 5.41) is 6.51. The standard InChI is InChI=1S/C20H30N2O3.ClH.H2O/c1-13(2)22-14(3)11-17-16(7-6-10-21-20(17)23)15-8-9-18(24-4)19(12-15)25-5;;/h8-9,12-14,22H,6-7,10-11H2,1-5H3,(H,21,23);1H;1H2. The van der Waals surface area contributed by atoms with Crippen LogP contribution in [0.3, 0.4) is 0 Å². The number of methoxy groups -OCH3 is 2. The van der Waals surface area contributed by atoms with Crippen molar-refractivity contribution in [3.8, 4) is 11.5 Å². The van der Waals surface area contributed by atoms with E-state index < -0.39 is 0 Å². The molecule has 1 aromatic carbocycles. The lowest BCUT2D eigenvalue weighted by Crippen LogP contribution is -2.35. The Kier molecular flexibility index (Phi) is 11.1. The van der Waals surface area contributed by atoms with Gasteiger partial charge >= 0.3 is 0 Å². The van der Waals surface area contributed by atoms with E-state index in [-0.39, 0.29) is 29.8 Å². The minimum absolute atomic E-state index is 0. The zero-order valence-corrected chi connectivity index (χ0v) is 17.7. The number of ether oxygens (including phenoxy) is 2. The van der Waals surface area contributed by atoms with Crippen molar-refractivity contribution >= 4 is 23.9 Å². The molecule has 2 rings (SSSR count). The monoisotopic (exact) mass is 400 g/mol. The van der Waals surface area contributed by atoms with E-state index in [9.17, 15) is 4.79 Å². The minimum atomic E-state index is 0. The molecule has 0 saturated carbocycles. The normalized spacial score (nSPS) is 15.3. The van der Waals surface area contributed by atoms with E-state index in [1.165, 1.54) is 0 Å². The number of amides is 1. The Bertz CT molecular complexity index is 647. The predicted molar refractivity (Wildman–Crippen MR) is 112 cm³/mol. The molecule has 0 spiro atoms. The number of rotatable bonds is 7. The largest absolute Gasteiger partial charge is 0.493 e. The van der Waals surface area contributed by atoms with Crippen LogP contribution in [0.25, 0.3) is 5.57 Å². The highest BCUT2D eigenvalue weighted by Crippen LogP contribution is 2.34. The highest BCUT2D eigenvalue weighted by atomic mass is 35.5. The molecule has 0 saturated heterocycles. The van der Waals surface area contributed by atoms with Gasteiger partial charge in [-0.25, -0.2) is 0 Å². The third-order valence-corrected chi connectivity index (χ3v) is 4.39. The molecule has 1 aromatic rings. The van der Waals surface area contributed by atoms with Crippen molar-refractivity contribution in [3.63, 3.8) is 0 Å². The van der Waals surface area contributed by atoms with Crippen molar-refractivity contribution in [2.24, 2.45) is 0 Å². The molecule has 7 heteroatoms. The van der Waals surface area contributed by atoms with Gasteiger partial charge in [0, 0.05) is 24.2 Å². The molecule has 6 nitrogen and oxygen atoms in total. The van der Waals surface area contributed by atoms with Crippen LogP contribution in [-0.2, 0) is 4.79 Å². The van der Waals surface area contributed by atoms with E-state index in [0.717, 1.165) is 29.6 Å². The first-order valence-electron chi connectivity index (χ1n) is 8.95. The van der Waals surface area contributed by atoms with Gasteiger partial charge in [-0.1, -0.05) is 19.9 Å². The predicted octanol–water partition coefficient (Wildman–Crippen LogP) is 2.74. The molecule has 0 aromatic heterocycles. The summed E-state index contributed by atoms with van der Waals surface area (Å²) in [6, 6.07) is 6.49. The third kappa shape index (κ3) is 6.72. The van der Waals surface area contributed by atoms with Crippen molar-refractivity contribution in [2.75, 3.05) is 20.8 Å². The van der Waals surface area contributed by atoms with Crippen LogP contribution in [-0.4, -0.2) is 44.2 Å². The molecule has 0 bridgehead atoms. The van der Waals surface area contributed by atoms with Gasteiger partial charge in [0.25, 0.3) is 0 Å². The van der Waals surface area contributed by atoms with Crippen LogP contribution in [0.2, 0.25) is 0 Å². The number of nitrogens with one attached hydrogen (secondary N) is 2. The SMILES string of the molecule is COc1ccc(C2=C(CC(C)NC(C)C)C(=O)NCCC2)cc1OC.Cl.O. The fraction of sp³-hybridized carbons (Fsp3) is 0.550. The van der Waals surface area contributed by atoms with Crippen LogP contribution in [0.5, 0.6) is 11.5 Å². The van der Waals surface area contributed by atoms with Crippen molar-refractivity contribution < 1.29 is 19.7 Å². The second-order valence-electron chi connectivity index (χ2n) is 6.81. The molecular weight excluding hydrogens is 368 g/mol. The molecule has 0 fully saturated rings. The summed E-state index contributed by atoms with van der Waals surface area (Å²) in [4.78, 5) is 12.6. The zero-order valence-electron chi connectivity index (χ0n) is 16.8. The molecule has 1 aliphatic heterocycles. The van der Waals surface area contributed by atoms with Crippen LogP contribution in [0.15, 0.2) is 23.8 Å². The highest BCUT2D eigenvalue weighted by molar-refractivity contribution is 6.01. The summed E-state index contributed by atoms with van der Waals surface area (Å²) in [5.41, 5.74) is 3.00. The number of carbonyl (C=O) groups excluding carboxylic acids is 1. The Hall–Kier alpha value is -1.76. The first-order valence-corrected chi connectivity index (χ1v) is 8.95. The molecule has 0 radical (unpaired) electrons. The van der Waals surface area contributed by atoms with Crippen molar-refractivity contribution in [3.05, 3.63) is 29.3 Å². The minimum Gasteiger partial charge on any atom is -0.493 e. The molecule has 1 amide bonds. The Morgan fingerprint density at radius 2 is 1.81 bits per heavy atom. The Morgan fingerprint density at radius 3 is 2.41 bits per heavy atom. The number of allylic oxidation sites excluding steroid dienone is 1. The summed E-state index contributed by atoms with van der Waals surface area (Å²) in [6.45, 7) is 7.07. The molecule has 27 heavy (non-hydrogen) atoms. The quantitative estimate of drug-likeness (QED) is 0.736. The van der Waals surface area contributed by atoms with Gasteiger partial charge < -0.3 is 25.6 Å². The van der Waals surface area contributed by atoms with Gasteiger partial charge in [0.2, 0.25) is 5.91 Å². The van der Waals surface area contributed by atoms with E-state index in [1.807, 2.05) is 18.2 Å². The van der Waals surface area contributed by atoms with Crippen molar-refractivity contribution in [1.29, 1.82) is 0 Å². The maximum absolute atomic E-state index is 12.6. The van der Waals surface area contributed by atoms with E-state index in [1.54, 1.807) is 14.2 Å². The van der Waals surface area contributed by atoms with E-state index >= 15 is 0 Å². The number of benzene rings is 1. The van der Waals surface area contributed by atoms with E-state index in [2.05, 4.69) is 31.4 Å². The molecule has 4 N–H and O–H groups in total. The summed E-state index contributed by atoms with van der Waals surface area (Å²) in [6.07, 6.45) is 2.51. The number of carbonyl (C=O) groups is 1. The summed E-state index contributed by atoms with van der Waals surface area (Å²) in [7, 11) is 3.26. The average Bonchev–Trinajstić information content (AvgIpc) is 2.75.